The summed E-state index contributed by atoms with van der Waals surface area (Å²) >= 11 is 0. The molecule has 0 aliphatic heterocycles. The molecule has 0 saturated heterocycles. The summed E-state index contributed by atoms with van der Waals surface area (Å²) in [6.45, 7) is 5.55. The average molecular weight is 212 g/mol. The van der Waals surface area contributed by atoms with Gasteiger partial charge in [-0.2, -0.15) is 0 Å². The van der Waals surface area contributed by atoms with E-state index in [1.54, 1.807) is 20.8 Å². The van der Waals surface area contributed by atoms with Crippen molar-refractivity contribution in [2.24, 2.45) is 0 Å². The average Bonchev–Trinajstić information content (AvgIpc) is 2.45. The lowest BCUT2D eigenvalue weighted by Crippen LogP contribution is -2.27. The Morgan fingerprint density at radius 1 is 1.60 bits per heavy atom. The zero-order valence-electron chi connectivity index (χ0n) is 9.20. The van der Waals surface area contributed by atoms with Crippen LogP contribution in [0.4, 0.5) is 0 Å². The summed E-state index contributed by atoms with van der Waals surface area (Å²) in [6, 6.07) is 0. The Morgan fingerprint density at radius 3 is 2.73 bits per heavy atom. The van der Waals surface area contributed by atoms with Crippen molar-refractivity contribution in [3.8, 4) is 0 Å². The van der Waals surface area contributed by atoms with Crippen molar-refractivity contribution in [2.75, 3.05) is 6.54 Å². The second-order valence-electron chi connectivity index (χ2n) is 3.59. The van der Waals surface area contributed by atoms with Crippen LogP contribution in [0.2, 0.25) is 0 Å². The molecule has 0 saturated carbocycles. The van der Waals surface area contributed by atoms with Gasteiger partial charge >= 0.3 is 0 Å². The predicted octanol–water partition coefficient (Wildman–Crippen LogP) is 0.792. The van der Waals surface area contributed by atoms with Crippen LogP contribution in [0.5, 0.6) is 0 Å². The summed E-state index contributed by atoms with van der Waals surface area (Å²) in [5.41, 5.74) is 1.07. The van der Waals surface area contributed by atoms with Gasteiger partial charge in [-0.1, -0.05) is 5.16 Å². The van der Waals surface area contributed by atoms with Crippen molar-refractivity contribution in [1.82, 2.24) is 10.5 Å². The van der Waals surface area contributed by atoms with Gasteiger partial charge in [0, 0.05) is 6.54 Å². The topological polar surface area (TPSA) is 75.4 Å². The Balaban J connectivity index is 2.54. The van der Waals surface area contributed by atoms with Crippen LogP contribution in [-0.4, -0.2) is 28.8 Å². The summed E-state index contributed by atoms with van der Waals surface area (Å²) in [6.07, 6.45) is 0.129. The Hall–Kier alpha value is -1.36. The molecule has 1 aromatic rings. The summed E-state index contributed by atoms with van der Waals surface area (Å²) in [7, 11) is 0. The second kappa shape index (κ2) is 4.93. The second-order valence-corrected chi connectivity index (χ2v) is 3.59. The van der Waals surface area contributed by atoms with Crippen molar-refractivity contribution in [3.05, 3.63) is 17.0 Å². The number of carbonyl (C=O) groups is 1. The molecule has 0 bridgehead atoms. The monoisotopic (exact) mass is 212 g/mol. The molecular formula is C10H16N2O3. The van der Waals surface area contributed by atoms with Gasteiger partial charge in [0.2, 0.25) is 0 Å². The van der Waals surface area contributed by atoms with Gasteiger partial charge in [-0.05, 0) is 27.2 Å². The van der Waals surface area contributed by atoms with Crippen LogP contribution < -0.4 is 5.32 Å². The number of aromatic nitrogens is 1. The molecule has 1 aromatic heterocycles. The van der Waals surface area contributed by atoms with Crippen molar-refractivity contribution in [2.45, 2.75) is 33.3 Å². The van der Waals surface area contributed by atoms with Crippen LogP contribution in [0.15, 0.2) is 4.52 Å². The fraction of sp³-hybridized carbons (Fsp3) is 0.600. The SMILES string of the molecule is Cc1noc(C)c1C(=O)NCCC(C)O. The normalized spacial score (nSPS) is 12.5. The van der Waals surface area contributed by atoms with E-state index in [9.17, 15) is 4.79 Å². The number of rotatable bonds is 4. The van der Waals surface area contributed by atoms with E-state index in [0.717, 1.165) is 0 Å². The van der Waals surface area contributed by atoms with Crippen molar-refractivity contribution >= 4 is 5.91 Å². The Bertz CT molecular complexity index is 325. The van der Waals surface area contributed by atoms with E-state index in [0.29, 0.717) is 30.0 Å². The van der Waals surface area contributed by atoms with Gasteiger partial charge in [-0.15, -0.1) is 0 Å². The molecule has 0 spiro atoms. The van der Waals surface area contributed by atoms with Gasteiger partial charge in [0.25, 0.3) is 5.91 Å². The molecule has 0 aliphatic rings. The van der Waals surface area contributed by atoms with Crippen LogP contribution >= 0.6 is 0 Å². The minimum Gasteiger partial charge on any atom is -0.393 e. The molecule has 1 heterocycles. The predicted molar refractivity (Wildman–Crippen MR) is 54.6 cm³/mol. The number of aliphatic hydroxyl groups is 1. The standard InChI is InChI=1S/C10H16N2O3/c1-6(13)4-5-11-10(14)9-7(2)12-15-8(9)3/h6,13H,4-5H2,1-3H3,(H,11,14). The van der Waals surface area contributed by atoms with Crippen LogP contribution in [0.25, 0.3) is 0 Å². The third-order valence-electron chi connectivity index (χ3n) is 2.11. The smallest absolute Gasteiger partial charge is 0.256 e. The summed E-state index contributed by atoms with van der Waals surface area (Å²) in [5.74, 6) is 0.314. The summed E-state index contributed by atoms with van der Waals surface area (Å²) in [5, 5.41) is 15.4. The molecule has 84 valence electrons. The lowest BCUT2D eigenvalue weighted by Gasteiger charge is -2.05. The minimum absolute atomic E-state index is 0.202. The van der Waals surface area contributed by atoms with Crippen molar-refractivity contribution in [3.63, 3.8) is 0 Å². The Kier molecular flexibility index (Phi) is 3.85. The quantitative estimate of drug-likeness (QED) is 0.773. The number of hydrogen-bond acceptors (Lipinski definition) is 4. The molecule has 0 aliphatic carbocycles. The van der Waals surface area contributed by atoms with E-state index in [-0.39, 0.29) is 5.91 Å². The summed E-state index contributed by atoms with van der Waals surface area (Å²) in [4.78, 5) is 11.6. The molecule has 15 heavy (non-hydrogen) atoms. The number of carbonyl (C=O) groups excluding carboxylic acids is 1. The Morgan fingerprint density at radius 2 is 2.27 bits per heavy atom. The number of amides is 1. The molecule has 1 rings (SSSR count). The zero-order valence-corrected chi connectivity index (χ0v) is 9.20. The molecule has 5 nitrogen and oxygen atoms in total. The summed E-state index contributed by atoms with van der Waals surface area (Å²) < 4.78 is 4.88. The fourth-order valence-electron chi connectivity index (χ4n) is 1.29. The lowest BCUT2D eigenvalue weighted by atomic mass is 10.2. The maximum atomic E-state index is 11.6. The highest BCUT2D eigenvalue weighted by Crippen LogP contribution is 2.11. The highest BCUT2D eigenvalue weighted by atomic mass is 16.5. The number of aliphatic hydroxyl groups excluding tert-OH is 1. The van der Waals surface area contributed by atoms with Crippen molar-refractivity contribution in [1.29, 1.82) is 0 Å². The molecule has 2 N–H and O–H groups in total. The molecule has 1 amide bonds. The van der Waals surface area contributed by atoms with Crippen LogP contribution in [0, 0.1) is 13.8 Å². The highest BCUT2D eigenvalue weighted by Gasteiger charge is 2.16. The van der Waals surface area contributed by atoms with Crippen molar-refractivity contribution < 1.29 is 14.4 Å². The molecule has 1 unspecified atom stereocenters. The first kappa shape index (κ1) is 11.7. The molecule has 5 heteroatoms. The van der Waals surface area contributed by atoms with E-state index in [1.165, 1.54) is 0 Å². The molecular weight excluding hydrogens is 196 g/mol. The van der Waals surface area contributed by atoms with Gasteiger partial charge in [-0.25, -0.2) is 0 Å². The highest BCUT2D eigenvalue weighted by molar-refractivity contribution is 5.96. The first-order valence-corrected chi connectivity index (χ1v) is 4.91. The first-order chi connectivity index (χ1) is 7.02. The van der Waals surface area contributed by atoms with E-state index >= 15 is 0 Å². The molecule has 0 fully saturated rings. The number of aryl methyl sites for hydroxylation is 2. The third kappa shape index (κ3) is 3.06. The molecule has 0 radical (unpaired) electrons. The van der Waals surface area contributed by atoms with Crippen LogP contribution in [0.3, 0.4) is 0 Å². The molecule has 0 aromatic carbocycles. The number of nitrogens with zero attached hydrogens (tertiary/aromatic N) is 1. The maximum absolute atomic E-state index is 11.6. The van der Waals surface area contributed by atoms with Gasteiger partial charge in [0.15, 0.2) is 0 Å². The number of nitrogens with one attached hydrogen (secondary N) is 1. The van der Waals surface area contributed by atoms with E-state index in [1.807, 2.05) is 0 Å². The van der Waals surface area contributed by atoms with E-state index in [2.05, 4.69) is 10.5 Å². The maximum Gasteiger partial charge on any atom is 0.256 e. The Labute approximate surface area is 88.5 Å². The fourth-order valence-corrected chi connectivity index (χ4v) is 1.29. The van der Waals surface area contributed by atoms with Gasteiger partial charge in [0.1, 0.15) is 11.3 Å². The van der Waals surface area contributed by atoms with Gasteiger partial charge < -0.3 is 14.9 Å². The van der Waals surface area contributed by atoms with Crippen LogP contribution in [-0.2, 0) is 0 Å². The third-order valence-corrected chi connectivity index (χ3v) is 2.11. The van der Waals surface area contributed by atoms with Crippen LogP contribution in [0.1, 0.15) is 35.2 Å². The lowest BCUT2D eigenvalue weighted by molar-refractivity contribution is 0.0943. The van der Waals surface area contributed by atoms with E-state index < -0.39 is 6.10 Å². The minimum atomic E-state index is -0.407. The van der Waals surface area contributed by atoms with E-state index in [4.69, 9.17) is 9.63 Å². The largest absolute Gasteiger partial charge is 0.393 e. The van der Waals surface area contributed by atoms with Gasteiger partial charge in [-0.3, -0.25) is 4.79 Å². The number of hydrogen-bond donors (Lipinski definition) is 2. The molecule has 1 atom stereocenters. The van der Waals surface area contributed by atoms with Gasteiger partial charge in [0.05, 0.1) is 11.8 Å². The first-order valence-electron chi connectivity index (χ1n) is 4.91. The zero-order chi connectivity index (χ0) is 11.4.